The maximum absolute atomic E-state index is 12.8. The molecule has 4 unspecified atom stereocenters. The van der Waals surface area contributed by atoms with Crippen LogP contribution in [0.2, 0.25) is 0 Å². The first kappa shape index (κ1) is 20.5. The number of rotatable bonds is 4. The monoisotopic (exact) mass is 428 g/mol. The van der Waals surface area contributed by atoms with Crippen LogP contribution in [-0.2, 0) is 14.3 Å². The maximum atomic E-state index is 12.8. The van der Waals surface area contributed by atoms with Gasteiger partial charge in [-0.2, -0.15) is 0 Å². The minimum absolute atomic E-state index is 0.00376. The van der Waals surface area contributed by atoms with Crippen LogP contribution >= 0.6 is 22.7 Å². The van der Waals surface area contributed by atoms with E-state index in [2.05, 4.69) is 53.7 Å². The fourth-order valence-corrected chi connectivity index (χ4v) is 7.40. The molecule has 2 aromatic heterocycles. The largest absolute Gasteiger partial charge is 0.393 e. The van der Waals surface area contributed by atoms with E-state index in [9.17, 15) is 9.59 Å². The summed E-state index contributed by atoms with van der Waals surface area (Å²) in [5.41, 5.74) is 5.05. The van der Waals surface area contributed by atoms with Gasteiger partial charge in [-0.3, -0.25) is 9.59 Å². The van der Waals surface area contributed by atoms with Crippen molar-refractivity contribution in [2.24, 2.45) is 23.7 Å². The van der Waals surface area contributed by atoms with Crippen LogP contribution in [0.4, 0.5) is 0 Å². The zero-order valence-electron chi connectivity index (χ0n) is 17.9. The molecule has 4 atom stereocenters. The van der Waals surface area contributed by atoms with Crippen LogP contribution in [0.15, 0.2) is 12.1 Å². The number of ether oxygens (including phenoxy) is 1. The standard InChI is InChI=1S/C24H28O3S2/c1-7-15-19(17-9-11(3)28-13(17)5)20(18-10-12(4)29-14(18)6)16(8-2)22-21(15)23(25)27-24(22)26/h9-10,15-16,21-22H,7-8H2,1-6H3. The Balaban J connectivity index is 2.08. The molecule has 29 heavy (non-hydrogen) atoms. The van der Waals surface area contributed by atoms with Gasteiger partial charge in [0.1, 0.15) is 0 Å². The maximum Gasteiger partial charge on any atom is 0.318 e. The highest BCUT2D eigenvalue weighted by molar-refractivity contribution is 7.12. The molecule has 1 aliphatic carbocycles. The number of thiophene rings is 2. The zero-order valence-corrected chi connectivity index (χ0v) is 19.6. The molecule has 0 spiro atoms. The lowest BCUT2D eigenvalue weighted by Gasteiger charge is -2.39. The normalized spacial score (nSPS) is 26.8. The number of cyclic esters (lactones) is 2. The van der Waals surface area contributed by atoms with Crippen molar-refractivity contribution in [1.29, 1.82) is 0 Å². The smallest absolute Gasteiger partial charge is 0.318 e. The summed E-state index contributed by atoms with van der Waals surface area (Å²) < 4.78 is 5.21. The first-order chi connectivity index (χ1) is 13.8. The zero-order chi connectivity index (χ0) is 21.0. The van der Waals surface area contributed by atoms with E-state index in [4.69, 9.17) is 4.74 Å². The summed E-state index contributed by atoms with van der Waals surface area (Å²) in [6.07, 6.45) is 1.63. The predicted octanol–water partition coefficient (Wildman–Crippen LogP) is 6.34. The van der Waals surface area contributed by atoms with Crippen molar-refractivity contribution in [1.82, 2.24) is 0 Å². The molecule has 5 heteroatoms. The van der Waals surface area contributed by atoms with Crippen molar-refractivity contribution in [3.05, 3.63) is 42.8 Å². The number of esters is 2. The molecule has 0 radical (unpaired) electrons. The molecular formula is C24H28O3S2. The minimum atomic E-state index is -0.365. The number of carbonyl (C=O) groups is 2. The summed E-state index contributed by atoms with van der Waals surface area (Å²) in [6, 6.07) is 4.53. The van der Waals surface area contributed by atoms with Gasteiger partial charge in [-0.05, 0) is 86.8 Å². The molecule has 4 rings (SSSR count). The third-order valence-corrected chi connectivity index (χ3v) is 8.50. The molecule has 3 heterocycles. The fourth-order valence-electron chi connectivity index (χ4n) is 5.52. The van der Waals surface area contributed by atoms with E-state index in [-0.39, 0.29) is 35.6 Å². The second-order valence-corrected chi connectivity index (χ2v) is 11.2. The van der Waals surface area contributed by atoms with Crippen molar-refractivity contribution in [3.8, 4) is 0 Å². The lowest BCUT2D eigenvalue weighted by atomic mass is 9.60. The van der Waals surface area contributed by atoms with Crippen LogP contribution in [-0.4, -0.2) is 11.9 Å². The highest BCUT2D eigenvalue weighted by Gasteiger charge is 2.56. The molecule has 0 saturated carbocycles. The average Bonchev–Trinajstić information content (AvgIpc) is 3.27. The molecule has 1 fully saturated rings. The van der Waals surface area contributed by atoms with E-state index in [1.165, 1.54) is 41.8 Å². The lowest BCUT2D eigenvalue weighted by molar-refractivity contribution is -0.154. The fraction of sp³-hybridized carbons (Fsp3) is 0.500. The molecule has 154 valence electrons. The Morgan fingerprint density at radius 1 is 0.759 bits per heavy atom. The van der Waals surface area contributed by atoms with E-state index in [1.807, 2.05) is 0 Å². The molecular weight excluding hydrogens is 400 g/mol. The van der Waals surface area contributed by atoms with Crippen LogP contribution in [0.5, 0.6) is 0 Å². The van der Waals surface area contributed by atoms with Crippen LogP contribution in [0.25, 0.3) is 11.1 Å². The van der Waals surface area contributed by atoms with Gasteiger partial charge in [0.2, 0.25) is 0 Å². The highest BCUT2D eigenvalue weighted by Crippen LogP contribution is 2.56. The Labute approximate surface area is 180 Å². The number of hydrogen-bond donors (Lipinski definition) is 0. The Hall–Kier alpha value is -1.72. The van der Waals surface area contributed by atoms with E-state index >= 15 is 0 Å². The lowest BCUT2D eigenvalue weighted by Crippen LogP contribution is -2.37. The molecule has 2 aliphatic rings. The van der Waals surface area contributed by atoms with Gasteiger partial charge in [-0.1, -0.05) is 13.8 Å². The van der Waals surface area contributed by atoms with E-state index < -0.39 is 0 Å². The van der Waals surface area contributed by atoms with Crippen molar-refractivity contribution in [2.75, 3.05) is 0 Å². The van der Waals surface area contributed by atoms with Gasteiger partial charge in [0.25, 0.3) is 0 Å². The molecule has 1 aliphatic heterocycles. The van der Waals surface area contributed by atoms with Gasteiger partial charge in [0.15, 0.2) is 0 Å². The van der Waals surface area contributed by atoms with Gasteiger partial charge in [0, 0.05) is 19.5 Å². The quantitative estimate of drug-likeness (QED) is 0.422. The second kappa shape index (κ2) is 7.51. The molecule has 3 nitrogen and oxygen atoms in total. The van der Waals surface area contributed by atoms with Gasteiger partial charge in [-0.25, -0.2) is 0 Å². The predicted molar refractivity (Wildman–Crippen MR) is 120 cm³/mol. The van der Waals surface area contributed by atoms with Gasteiger partial charge >= 0.3 is 11.9 Å². The Bertz CT molecular complexity index is 943. The number of hydrogen-bond acceptors (Lipinski definition) is 5. The first-order valence-electron chi connectivity index (χ1n) is 10.4. The van der Waals surface area contributed by atoms with Gasteiger partial charge in [-0.15, -0.1) is 22.7 Å². The highest BCUT2D eigenvalue weighted by atomic mass is 32.1. The molecule has 1 saturated heterocycles. The van der Waals surface area contributed by atoms with Crippen molar-refractivity contribution >= 4 is 45.8 Å². The number of aryl methyl sites for hydroxylation is 4. The molecule has 0 bridgehead atoms. The van der Waals surface area contributed by atoms with E-state index in [1.54, 1.807) is 22.7 Å². The van der Waals surface area contributed by atoms with Crippen molar-refractivity contribution < 1.29 is 14.3 Å². The topological polar surface area (TPSA) is 43.4 Å². The average molecular weight is 429 g/mol. The molecule has 0 amide bonds. The minimum Gasteiger partial charge on any atom is -0.393 e. The number of carbonyl (C=O) groups excluding carboxylic acids is 2. The van der Waals surface area contributed by atoms with Crippen LogP contribution < -0.4 is 0 Å². The van der Waals surface area contributed by atoms with Crippen molar-refractivity contribution in [3.63, 3.8) is 0 Å². The Morgan fingerprint density at radius 3 is 1.41 bits per heavy atom. The van der Waals surface area contributed by atoms with Gasteiger partial charge in [0.05, 0.1) is 11.8 Å². The van der Waals surface area contributed by atoms with E-state index in [0.29, 0.717) is 0 Å². The third-order valence-electron chi connectivity index (χ3n) is 6.57. The number of allylic oxidation sites excluding steroid dienone is 2. The SMILES string of the molecule is CCC1C(c2cc(C)sc2C)=C(c2cc(C)sc2C)C(CC)C2C(=O)OC(=O)C12. The summed E-state index contributed by atoms with van der Waals surface area (Å²) in [6.45, 7) is 12.9. The van der Waals surface area contributed by atoms with E-state index in [0.717, 1.165) is 12.8 Å². The summed E-state index contributed by atoms with van der Waals surface area (Å²) in [5, 5.41) is 0. The summed E-state index contributed by atoms with van der Waals surface area (Å²) >= 11 is 3.61. The summed E-state index contributed by atoms with van der Waals surface area (Å²) in [5.74, 6) is -1.38. The Morgan fingerprint density at radius 2 is 1.14 bits per heavy atom. The van der Waals surface area contributed by atoms with Crippen LogP contribution in [0.3, 0.4) is 0 Å². The first-order valence-corrected chi connectivity index (χ1v) is 12.1. The van der Waals surface area contributed by atoms with Crippen LogP contribution in [0, 0.1) is 51.4 Å². The van der Waals surface area contributed by atoms with Crippen molar-refractivity contribution in [2.45, 2.75) is 54.4 Å². The van der Waals surface area contributed by atoms with Gasteiger partial charge < -0.3 is 4.74 Å². The summed E-state index contributed by atoms with van der Waals surface area (Å²) in [4.78, 5) is 30.7. The summed E-state index contributed by atoms with van der Waals surface area (Å²) in [7, 11) is 0. The molecule has 2 aromatic rings. The number of fused-ring (bicyclic) bond motifs is 1. The molecule has 0 aromatic carbocycles. The third kappa shape index (κ3) is 3.14. The van der Waals surface area contributed by atoms with Crippen LogP contribution in [0.1, 0.15) is 57.3 Å². The molecule has 0 N–H and O–H groups in total. The Kier molecular flexibility index (Phi) is 5.32. The second-order valence-electron chi connectivity index (χ2n) is 8.30.